The molecule has 154 valence electrons. The molecule has 1 unspecified atom stereocenters. The van der Waals surface area contributed by atoms with Crippen LogP contribution in [-0.4, -0.2) is 51.2 Å². The van der Waals surface area contributed by atoms with Gasteiger partial charge in [0.15, 0.2) is 0 Å². The number of hydrogen-bond donors (Lipinski definition) is 2. The van der Waals surface area contributed by atoms with Gasteiger partial charge in [-0.3, -0.25) is 13.8 Å². The van der Waals surface area contributed by atoms with E-state index in [1.165, 1.54) is 13.1 Å². The van der Waals surface area contributed by atoms with Gasteiger partial charge in [-0.25, -0.2) is 4.98 Å². The van der Waals surface area contributed by atoms with Gasteiger partial charge in [0.1, 0.15) is 5.69 Å². The standard InChI is InChI=1S/C20H23N3O5S/c1-21-20(25)18-11-14(19(24)22-15-8-9-15)10-17(23-18)16(12-28-29(2,26)27)13-6-4-3-5-7-13/h3-7,10-11,15-16H,8-9,12H2,1-2H3,(H,21,25)(H,22,24). The Kier molecular flexibility index (Phi) is 6.29. The maximum atomic E-state index is 12.6. The molecule has 1 aliphatic carbocycles. The zero-order valence-corrected chi connectivity index (χ0v) is 17.0. The van der Waals surface area contributed by atoms with Crippen LogP contribution in [0.4, 0.5) is 0 Å². The Bertz CT molecular complexity index is 1000. The first-order valence-electron chi connectivity index (χ1n) is 9.21. The van der Waals surface area contributed by atoms with E-state index in [9.17, 15) is 18.0 Å². The van der Waals surface area contributed by atoms with Crippen molar-refractivity contribution in [3.05, 3.63) is 65.0 Å². The van der Waals surface area contributed by atoms with Crippen LogP contribution in [0.5, 0.6) is 0 Å². The van der Waals surface area contributed by atoms with E-state index in [1.807, 2.05) is 30.3 Å². The normalized spacial score (nSPS) is 14.8. The second-order valence-corrected chi connectivity index (χ2v) is 8.59. The average Bonchev–Trinajstić information content (AvgIpc) is 3.51. The summed E-state index contributed by atoms with van der Waals surface area (Å²) < 4.78 is 28.1. The summed E-state index contributed by atoms with van der Waals surface area (Å²) in [5, 5.41) is 5.39. The number of benzene rings is 1. The molecule has 1 saturated carbocycles. The number of nitrogens with zero attached hydrogens (tertiary/aromatic N) is 1. The third-order valence-electron chi connectivity index (χ3n) is 4.49. The van der Waals surface area contributed by atoms with Crippen molar-refractivity contribution in [1.29, 1.82) is 0 Å². The molecule has 8 nitrogen and oxygen atoms in total. The molecule has 1 fully saturated rings. The second kappa shape index (κ2) is 8.71. The highest BCUT2D eigenvalue weighted by atomic mass is 32.2. The predicted molar refractivity (Wildman–Crippen MR) is 107 cm³/mol. The number of nitrogens with one attached hydrogen (secondary N) is 2. The molecule has 2 amide bonds. The number of rotatable bonds is 8. The van der Waals surface area contributed by atoms with Crippen LogP contribution >= 0.6 is 0 Å². The van der Waals surface area contributed by atoms with E-state index in [4.69, 9.17) is 4.18 Å². The topological polar surface area (TPSA) is 114 Å². The highest BCUT2D eigenvalue weighted by Crippen LogP contribution is 2.26. The molecule has 2 N–H and O–H groups in total. The van der Waals surface area contributed by atoms with Crippen LogP contribution in [0.2, 0.25) is 0 Å². The molecule has 3 rings (SSSR count). The fourth-order valence-corrected chi connectivity index (χ4v) is 3.21. The molecule has 2 aromatic rings. The van der Waals surface area contributed by atoms with E-state index in [-0.39, 0.29) is 24.2 Å². The van der Waals surface area contributed by atoms with Gasteiger partial charge in [-0.05, 0) is 30.5 Å². The summed E-state index contributed by atoms with van der Waals surface area (Å²) in [6, 6.07) is 12.2. The summed E-state index contributed by atoms with van der Waals surface area (Å²) in [6.07, 6.45) is 2.83. The molecule has 0 aliphatic heterocycles. The minimum Gasteiger partial charge on any atom is -0.354 e. The summed E-state index contributed by atoms with van der Waals surface area (Å²) in [7, 11) is -2.21. The Balaban J connectivity index is 2.04. The van der Waals surface area contributed by atoms with Gasteiger partial charge in [0.05, 0.1) is 24.5 Å². The first-order chi connectivity index (χ1) is 13.8. The second-order valence-electron chi connectivity index (χ2n) is 6.94. The predicted octanol–water partition coefficient (Wildman–Crippen LogP) is 1.44. The Hall–Kier alpha value is -2.78. The van der Waals surface area contributed by atoms with Crippen molar-refractivity contribution < 1.29 is 22.2 Å². The fourth-order valence-electron chi connectivity index (χ4n) is 2.83. The molecule has 1 heterocycles. The molecule has 0 spiro atoms. The van der Waals surface area contributed by atoms with Crippen LogP contribution < -0.4 is 10.6 Å². The highest BCUT2D eigenvalue weighted by molar-refractivity contribution is 7.85. The van der Waals surface area contributed by atoms with Gasteiger partial charge < -0.3 is 10.6 Å². The minimum atomic E-state index is -3.69. The molecular formula is C20H23N3O5S. The number of aromatic nitrogens is 1. The van der Waals surface area contributed by atoms with E-state index >= 15 is 0 Å². The van der Waals surface area contributed by atoms with Crippen molar-refractivity contribution in [3.8, 4) is 0 Å². The van der Waals surface area contributed by atoms with Crippen molar-refractivity contribution >= 4 is 21.9 Å². The van der Waals surface area contributed by atoms with E-state index < -0.39 is 21.9 Å². The quantitative estimate of drug-likeness (QED) is 0.628. The number of pyridine rings is 1. The first-order valence-corrected chi connectivity index (χ1v) is 11.0. The van der Waals surface area contributed by atoms with Crippen molar-refractivity contribution in [3.63, 3.8) is 0 Å². The molecule has 0 bridgehead atoms. The highest BCUT2D eigenvalue weighted by Gasteiger charge is 2.26. The lowest BCUT2D eigenvalue weighted by atomic mass is 9.94. The molecule has 0 radical (unpaired) electrons. The van der Waals surface area contributed by atoms with Gasteiger partial charge in [0.2, 0.25) is 0 Å². The van der Waals surface area contributed by atoms with E-state index in [2.05, 4.69) is 15.6 Å². The van der Waals surface area contributed by atoms with Crippen LogP contribution in [0.25, 0.3) is 0 Å². The lowest BCUT2D eigenvalue weighted by Gasteiger charge is -2.18. The SMILES string of the molecule is CNC(=O)c1cc(C(=O)NC2CC2)cc(C(COS(C)(=O)=O)c2ccccc2)n1. The molecular weight excluding hydrogens is 394 g/mol. The number of amides is 2. The van der Waals surface area contributed by atoms with Crippen molar-refractivity contribution in [2.24, 2.45) is 0 Å². The molecule has 9 heteroatoms. The third kappa shape index (κ3) is 5.85. The number of carbonyl (C=O) groups is 2. The van der Waals surface area contributed by atoms with Gasteiger partial charge >= 0.3 is 0 Å². The summed E-state index contributed by atoms with van der Waals surface area (Å²) in [6.45, 7) is -0.198. The van der Waals surface area contributed by atoms with Crippen LogP contribution in [0.15, 0.2) is 42.5 Å². The lowest BCUT2D eigenvalue weighted by molar-refractivity contribution is 0.0950. The summed E-state index contributed by atoms with van der Waals surface area (Å²) in [4.78, 5) is 29.2. The van der Waals surface area contributed by atoms with Gasteiger partial charge in [-0.1, -0.05) is 30.3 Å². The van der Waals surface area contributed by atoms with Crippen molar-refractivity contribution in [2.45, 2.75) is 24.8 Å². The van der Waals surface area contributed by atoms with Gasteiger partial charge in [0, 0.05) is 18.7 Å². The van der Waals surface area contributed by atoms with E-state index in [1.54, 1.807) is 6.07 Å². The van der Waals surface area contributed by atoms with Gasteiger partial charge in [0.25, 0.3) is 21.9 Å². The minimum absolute atomic E-state index is 0.0752. The van der Waals surface area contributed by atoms with Gasteiger partial charge in [-0.2, -0.15) is 8.42 Å². The maximum absolute atomic E-state index is 12.6. The van der Waals surface area contributed by atoms with Crippen LogP contribution in [0.3, 0.4) is 0 Å². The first kappa shape index (κ1) is 20.9. The molecule has 1 atom stereocenters. The molecule has 1 aromatic carbocycles. The largest absolute Gasteiger partial charge is 0.354 e. The smallest absolute Gasteiger partial charge is 0.269 e. The van der Waals surface area contributed by atoms with Crippen molar-refractivity contribution in [1.82, 2.24) is 15.6 Å². The summed E-state index contributed by atoms with van der Waals surface area (Å²) in [5.74, 6) is -1.32. The Labute approximate surface area is 169 Å². The Morgan fingerprint density at radius 2 is 1.86 bits per heavy atom. The molecule has 0 saturated heterocycles. The van der Waals surface area contributed by atoms with Gasteiger partial charge in [-0.15, -0.1) is 0 Å². The lowest BCUT2D eigenvalue weighted by Crippen LogP contribution is -2.27. The van der Waals surface area contributed by atoms with Crippen LogP contribution in [-0.2, 0) is 14.3 Å². The monoisotopic (exact) mass is 417 g/mol. The number of carbonyl (C=O) groups excluding carboxylic acids is 2. The molecule has 29 heavy (non-hydrogen) atoms. The van der Waals surface area contributed by atoms with Crippen LogP contribution in [0, 0.1) is 0 Å². The zero-order chi connectivity index (χ0) is 21.0. The summed E-state index contributed by atoms with van der Waals surface area (Å²) in [5.41, 5.74) is 1.50. The van der Waals surface area contributed by atoms with E-state index in [0.717, 1.165) is 24.7 Å². The maximum Gasteiger partial charge on any atom is 0.269 e. The molecule has 1 aliphatic rings. The Morgan fingerprint density at radius 1 is 1.17 bits per heavy atom. The molecule has 1 aromatic heterocycles. The Morgan fingerprint density at radius 3 is 2.45 bits per heavy atom. The number of hydrogen-bond acceptors (Lipinski definition) is 6. The fraction of sp³-hybridized carbons (Fsp3) is 0.350. The van der Waals surface area contributed by atoms with E-state index in [0.29, 0.717) is 11.3 Å². The third-order valence-corrected chi connectivity index (χ3v) is 5.05. The van der Waals surface area contributed by atoms with Crippen molar-refractivity contribution in [2.75, 3.05) is 19.9 Å². The summed E-state index contributed by atoms with van der Waals surface area (Å²) >= 11 is 0. The average molecular weight is 417 g/mol. The zero-order valence-electron chi connectivity index (χ0n) is 16.2. The van der Waals surface area contributed by atoms with Crippen LogP contribution in [0.1, 0.15) is 50.9 Å².